The predicted octanol–water partition coefficient (Wildman–Crippen LogP) is 3.85. The molecule has 0 amide bonds. The summed E-state index contributed by atoms with van der Waals surface area (Å²) in [6.07, 6.45) is 0. The first-order valence-corrected chi connectivity index (χ1v) is 6.33. The summed E-state index contributed by atoms with van der Waals surface area (Å²) in [6, 6.07) is 6.33. The molecule has 94 valence electrons. The Morgan fingerprint density at radius 1 is 1.44 bits per heavy atom. The molecular formula is C12H9ClFNO2S. The summed E-state index contributed by atoms with van der Waals surface area (Å²) in [5.74, 6) is -1.51. The fraction of sp³-hybridized carbons (Fsp3) is 0.0833. The molecule has 0 aliphatic heterocycles. The van der Waals surface area contributed by atoms with Crippen LogP contribution in [0.5, 0.6) is 0 Å². The Labute approximate surface area is 112 Å². The number of benzene rings is 1. The van der Waals surface area contributed by atoms with Crippen LogP contribution in [0.2, 0.25) is 5.02 Å². The number of hydrogen-bond donors (Lipinski definition) is 2. The second-order valence-electron chi connectivity index (χ2n) is 3.54. The fourth-order valence-electron chi connectivity index (χ4n) is 1.49. The molecule has 6 heteroatoms. The minimum atomic E-state index is -0.978. The van der Waals surface area contributed by atoms with E-state index in [-0.39, 0.29) is 22.1 Å². The second-order valence-corrected chi connectivity index (χ2v) is 4.86. The topological polar surface area (TPSA) is 49.3 Å². The molecule has 0 aliphatic carbocycles. The number of rotatable bonds is 4. The zero-order chi connectivity index (χ0) is 13.1. The lowest BCUT2D eigenvalue weighted by atomic mass is 10.2. The number of thiophene rings is 1. The van der Waals surface area contributed by atoms with Crippen molar-refractivity contribution in [3.8, 4) is 0 Å². The Morgan fingerprint density at radius 2 is 2.22 bits per heavy atom. The molecule has 0 saturated heterocycles. The van der Waals surface area contributed by atoms with Crippen LogP contribution >= 0.6 is 22.9 Å². The molecule has 2 N–H and O–H groups in total. The summed E-state index contributed by atoms with van der Waals surface area (Å²) < 4.78 is 13.6. The Balaban J connectivity index is 2.14. The second kappa shape index (κ2) is 5.37. The smallest absolute Gasteiger partial charge is 0.346 e. The molecule has 1 aromatic carbocycles. The molecule has 3 nitrogen and oxygen atoms in total. The molecule has 0 bridgehead atoms. The Kier molecular flexibility index (Phi) is 3.84. The molecule has 0 atom stereocenters. The lowest BCUT2D eigenvalue weighted by molar-refractivity contribution is 0.0701. The van der Waals surface area contributed by atoms with E-state index in [4.69, 9.17) is 16.7 Å². The largest absolute Gasteiger partial charge is 0.477 e. The first-order chi connectivity index (χ1) is 8.59. The van der Waals surface area contributed by atoms with Crippen molar-refractivity contribution in [2.45, 2.75) is 6.54 Å². The van der Waals surface area contributed by atoms with E-state index in [1.54, 1.807) is 23.6 Å². The highest BCUT2D eigenvalue weighted by Gasteiger charge is 2.12. The van der Waals surface area contributed by atoms with E-state index in [1.807, 2.05) is 0 Å². The number of nitrogens with one attached hydrogen (secondary N) is 1. The van der Waals surface area contributed by atoms with E-state index in [9.17, 15) is 9.18 Å². The van der Waals surface area contributed by atoms with Gasteiger partial charge in [0.15, 0.2) is 5.82 Å². The third kappa shape index (κ3) is 2.63. The summed E-state index contributed by atoms with van der Waals surface area (Å²) in [5, 5.41) is 13.5. The Morgan fingerprint density at radius 3 is 2.94 bits per heavy atom. The van der Waals surface area contributed by atoms with Crippen molar-refractivity contribution in [2.75, 3.05) is 5.32 Å². The van der Waals surface area contributed by atoms with E-state index in [1.165, 1.54) is 6.07 Å². The van der Waals surface area contributed by atoms with Gasteiger partial charge in [-0.2, -0.15) is 0 Å². The first-order valence-electron chi connectivity index (χ1n) is 5.07. The summed E-state index contributed by atoms with van der Waals surface area (Å²) in [6.45, 7) is 0.238. The number of hydrogen-bond acceptors (Lipinski definition) is 3. The number of carbonyl (C=O) groups is 1. The SMILES string of the molecule is O=C(O)c1sccc1CNc1cccc(Cl)c1F. The molecule has 1 aromatic heterocycles. The maximum atomic E-state index is 13.6. The fourth-order valence-corrected chi connectivity index (χ4v) is 2.43. The predicted molar refractivity (Wildman–Crippen MR) is 70.0 cm³/mol. The van der Waals surface area contributed by atoms with Gasteiger partial charge in [0.1, 0.15) is 4.88 Å². The Bertz CT molecular complexity index is 585. The van der Waals surface area contributed by atoms with Crippen molar-refractivity contribution >= 4 is 34.6 Å². The van der Waals surface area contributed by atoms with E-state index in [0.717, 1.165) is 11.3 Å². The van der Waals surface area contributed by atoms with Crippen molar-refractivity contribution in [1.82, 2.24) is 0 Å². The molecule has 2 aromatic rings. The van der Waals surface area contributed by atoms with Crippen LogP contribution in [-0.4, -0.2) is 11.1 Å². The van der Waals surface area contributed by atoms with Gasteiger partial charge in [-0.25, -0.2) is 9.18 Å². The lowest BCUT2D eigenvalue weighted by Gasteiger charge is -2.08. The van der Waals surface area contributed by atoms with Gasteiger partial charge in [0.2, 0.25) is 0 Å². The highest BCUT2D eigenvalue weighted by molar-refractivity contribution is 7.12. The quantitative estimate of drug-likeness (QED) is 0.897. The van der Waals surface area contributed by atoms with Gasteiger partial charge in [-0.1, -0.05) is 17.7 Å². The maximum absolute atomic E-state index is 13.6. The van der Waals surface area contributed by atoms with Gasteiger partial charge < -0.3 is 10.4 Å². The average Bonchev–Trinajstić information content (AvgIpc) is 2.79. The average molecular weight is 286 g/mol. The van der Waals surface area contributed by atoms with E-state index >= 15 is 0 Å². The lowest BCUT2D eigenvalue weighted by Crippen LogP contribution is -2.05. The van der Waals surface area contributed by atoms with Crippen molar-refractivity contribution < 1.29 is 14.3 Å². The van der Waals surface area contributed by atoms with Crippen molar-refractivity contribution in [2.24, 2.45) is 0 Å². The van der Waals surface area contributed by atoms with Crippen LogP contribution in [-0.2, 0) is 6.54 Å². The third-order valence-electron chi connectivity index (χ3n) is 2.36. The van der Waals surface area contributed by atoms with Crippen LogP contribution in [0.4, 0.5) is 10.1 Å². The van der Waals surface area contributed by atoms with Gasteiger partial charge in [-0.05, 0) is 29.1 Å². The number of aromatic carboxylic acids is 1. The summed E-state index contributed by atoms with van der Waals surface area (Å²) >= 11 is 6.79. The molecule has 2 rings (SSSR count). The van der Waals surface area contributed by atoms with Gasteiger partial charge in [0.05, 0.1) is 10.7 Å². The van der Waals surface area contributed by atoms with Crippen LogP contribution in [0.1, 0.15) is 15.2 Å². The summed E-state index contributed by atoms with van der Waals surface area (Å²) in [4.78, 5) is 11.2. The molecule has 0 fully saturated rings. The monoisotopic (exact) mass is 285 g/mol. The minimum Gasteiger partial charge on any atom is -0.477 e. The van der Waals surface area contributed by atoms with Crippen LogP contribution in [0, 0.1) is 5.82 Å². The molecular weight excluding hydrogens is 277 g/mol. The number of carboxylic acids is 1. The third-order valence-corrected chi connectivity index (χ3v) is 3.60. The summed E-state index contributed by atoms with van der Waals surface area (Å²) in [5.41, 5.74) is 0.872. The molecule has 18 heavy (non-hydrogen) atoms. The molecule has 0 aliphatic rings. The van der Waals surface area contributed by atoms with E-state index in [2.05, 4.69) is 5.32 Å². The van der Waals surface area contributed by atoms with Gasteiger partial charge in [-0.3, -0.25) is 0 Å². The molecule has 0 unspecified atom stereocenters. The maximum Gasteiger partial charge on any atom is 0.346 e. The molecule has 1 heterocycles. The standard InChI is InChI=1S/C12H9ClFNO2S/c13-8-2-1-3-9(10(8)14)15-6-7-4-5-18-11(7)12(16)17/h1-5,15H,6H2,(H,16,17). The van der Waals surface area contributed by atoms with E-state index in [0.29, 0.717) is 5.56 Å². The number of anilines is 1. The highest BCUT2D eigenvalue weighted by atomic mass is 35.5. The number of halogens is 2. The number of carboxylic acid groups (broad SMARTS) is 1. The minimum absolute atomic E-state index is 0.0313. The van der Waals surface area contributed by atoms with Gasteiger partial charge in [0, 0.05) is 6.54 Å². The van der Waals surface area contributed by atoms with Crippen LogP contribution in [0.3, 0.4) is 0 Å². The van der Waals surface area contributed by atoms with Crippen LogP contribution in [0.15, 0.2) is 29.6 Å². The zero-order valence-corrected chi connectivity index (χ0v) is 10.7. The molecule has 0 saturated carbocycles. The first kappa shape index (κ1) is 12.9. The van der Waals surface area contributed by atoms with Gasteiger partial charge in [0.25, 0.3) is 0 Å². The van der Waals surface area contributed by atoms with Crippen LogP contribution in [0.25, 0.3) is 0 Å². The van der Waals surface area contributed by atoms with Crippen LogP contribution < -0.4 is 5.32 Å². The zero-order valence-electron chi connectivity index (χ0n) is 9.11. The van der Waals surface area contributed by atoms with Crippen molar-refractivity contribution in [1.29, 1.82) is 0 Å². The van der Waals surface area contributed by atoms with Gasteiger partial charge in [-0.15, -0.1) is 11.3 Å². The molecule has 0 radical (unpaired) electrons. The van der Waals surface area contributed by atoms with E-state index < -0.39 is 11.8 Å². The van der Waals surface area contributed by atoms with Gasteiger partial charge >= 0.3 is 5.97 Å². The molecule has 0 spiro atoms. The Hall–Kier alpha value is -1.59. The van der Waals surface area contributed by atoms with Crippen molar-refractivity contribution in [3.05, 3.63) is 50.9 Å². The highest BCUT2D eigenvalue weighted by Crippen LogP contribution is 2.24. The van der Waals surface area contributed by atoms with Crippen molar-refractivity contribution in [3.63, 3.8) is 0 Å². The normalized spacial score (nSPS) is 10.3. The summed E-state index contributed by atoms with van der Waals surface area (Å²) in [7, 11) is 0.